The van der Waals surface area contributed by atoms with Crippen molar-refractivity contribution in [3.8, 4) is 0 Å². The molecule has 0 aliphatic carbocycles. The molecule has 0 rings (SSSR count). The van der Waals surface area contributed by atoms with Crippen LogP contribution >= 0.6 is 12.2 Å². The van der Waals surface area contributed by atoms with Crippen LogP contribution in [0.3, 0.4) is 0 Å². The van der Waals surface area contributed by atoms with Crippen molar-refractivity contribution >= 4 is 23.1 Å². The van der Waals surface area contributed by atoms with Gasteiger partial charge in [0.15, 0.2) is 0 Å². The van der Waals surface area contributed by atoms with Crippen molar-refractivity contribution in [2.24, 2.45) is 5.73 Å². The minimum absolute atomic E-state index is 0.145. The molecule has 0 radical (unpaired) electrons. The zero-order chi connectivity index (χ0) is 9.56. The molecule has 12 heavy (non-hydrogen) atoms. The van der Waals surface area contributed by atoms with E-state index in [1.807, 2.05) is 0 Å². The molecule has 0 aliphatic heterocycles. The van der Waals surface area contributed by atoms with Crippen LogP contribution in [0.25, 0.3) is 0 Å². The molecule has 1 unspecified atom stereocenters. The van der Waals surface area contributed by atoms with E-state index in [4.69, 9.17) is 10.5 Å². The number of carbonyl (C=O) groups is 1. The van der Waals surface area contributed by atoms with Crippen molar-refractivity contribution in [2.45, 2.75) is 19.4 Å². The number of hydrogen-bond donors (Lipinski definition) is 2. The maximum atomic E-state index is 11.0. The number of ether oxygens (including phenoxy) is 1. The molecular formula is C7H14N2O2S. The number of amides is 1. The fourth-order valence-corrected chi connectivity index (χ4v) is 0.662. The Morgan fingerprint density at radius 1 is 1.75 bits per heavy atom. The van der Waals surface area contributed by atoms with Gasteiger partial charge in [-0.15, -0.1) is 0 Å². The van der Waals surface area contributed by atoms with Crippen LogP contribution in [-0.4, -0.2) is 30.7 Å². The third kappa shape index (κ3) is 5.03. The van der Waals surface area contributed by atoms with Gasteiger partial charge in [0.2, 0.25) is 5.91 Å². The second kappa shape index (κ2) is 5.91. The van der Waals surface area contributed by atoms with Gasteiger partial charge in [-0.25, -0.2) is 0 Å². The molecule has 0 saturated heterocycles. The van der Waals surface area contributed by atoms with E-state index in [9.17, 15) is 4.79 Å². The first-order valence-corrected chi connectivity index (χ1v) is 4.07. The highest BCUT2D eigenvalue weighted by Gasteiger charge is 2.09. The second-order valence-electron chi connectivity index (χ2n) is 2.39. The normalized spacial score (nSPS) is 12.2. The van der Waals surface area contributed by atoms with Gasteiger partial charge < -0.3 is 15.8 Å². The minimum Gasteiger partial charge on any atom is -0.393 e. The highest BCUT2D eigenvalue weighted by atomic mass is 32.1. The molecule has 1 amide bonds. The molecule has 0 fully saturated rings. The van der Waals surface area contributed by atoms with Crippen molar-refractivity contribution in [2.75, 3.05) is 13.7 Å². The molecule has 4 nitrogen and oxygen atoms in total. The number of nitrogens with one attached hydrogen (secondary N) is 1. The van der Waals surface area contributed by atoms with Crippen molar-refractivity contribution in [1.29, 1.82) is 0 Å². The Bertz CT molecular complexity index is 173. The van der Waals surface area contributed by atoms with Crippen LogP contribution in [0.1, 0.15) is 13.3 Å². The largest absolute Gasteiger partial charge is 0.393 e. The fraction of sp³-hybridized carbons (Fsp3) is 0.714. The molecule has 1 atom stereocenters. The van der Waals surface area contributed by atoms with E-state index in [1.165, 1.54) is 7.11 Å². The van der Waals surface area contributed by atoms with Crippen molar-refractivity contribution in [3.63, 3.8) is 0 Å². The lowest BCUT2D eigenvalue weighted by Gasteiger charge is -2.09. The van der Waals surface area contributed by atoms with E-state index in [0.29, 0.717) is 18.0 Å². The maximum Gasteiger partial charge on any atom is 0.248 e. The summed E-state index contributed by atoms with van der Waals surface area (Å²) in [7, 11) is 1.48. The van der Waals surface area contributed by atoms with Gasteiger partial charge in [0.1, 0.15) is 6.10 Å². The summed E-state index contributed by atoms with van der Waals surface area (Å²) < 4.78 is 4.79. The number of carbonyl (C=O) groups excluding carboxylic acids is 1. The predicted molar refractivity (Wildman–Crippen MR) is 50.9 cm³/mol. The summed E-state index contributed by atoms with van der Waals surface area (Å²) in [6.45, 7) is 2.15. The molecule has 5 heteroatoms. The number of nitrogens with two attached hydrogens (primary N) is 1. The van der Waals surface area contributed by atoms with Gasteiger partial charge >= 0.3 is 0 Å². The average molecular weight is 190 g/mol. The van der Waals surface area contributed by atoms with Gasteiger partial charge in [-0.05, 0) is 6.92 Å². The Morgan fingerprint density at radius 3 is 2.75 bits per heavy atom. The third-order valence-electron chi connectivity index (χ3n) is 1.39. The van der Waals surface area contributed by atoms with Crippen LogP contribution in [-0.2, 0) is 9.53 Å². The molecule has 3 N–H and O–H groups in total. The molecule has 0 spiro atoms. The molecule has 0 heterocycles. The Labute approximate surface area is 77.5 Å². The third-order valence-corrected chi connectivity index (χ3v) is 1.60. The zero-order valence-corrected chi connectivity index (χ0v) is 8.11. The van der Waals surface area contributed by atoms with Crippen molar-refractivity contribution in [3.05, 3.63) is 0 Å². The lowest BCUT2D eigenvalue weighted by Crippen LogP contribution is -2.35. The molecule has 0 bridgehead atoms. The molecular weight excluding hydrogens is 176 g/mol. The summed E-state index contributed by atoms with van der Waals surface area (Å²) >= 11 is 4.64. The maximum absolute atomic E-state index is 11.0. The first kappa shape index (κ1) is 11.3. The van der Waals surface area contributed by atoms with E-state index < -0.39 is 6.10 Å². The average Bonchev–Trinajstić information content (AvgIpc) is 2.02. The summed E-state index contributed by atoms with van der Waals surface area (Å²) in [5, 5.41) is 2.63. The van der Waals surface area contributed by atoms with E-state index in [-0.39, 0.29) is 5.91 Å². The van der Waals surface area contributed by atoms with Crippen molar-refractivity contribution in [1.82, 2.24) is 5.32 Å². The minimum atomic E-state index is -0.420. The van der Waals surface area contributed by atoms with Crippen LogP contribution < -0.4 is 11.1 Å². The first-order chi connectivity index (χ1) is 5.57. The number of methoxy groups -OCH3 is 1. The van der Waals surface area contributed by atoms with E-state index in [1.54, 1.807) is 6.92 Å². The van der Waals surface area contributed by atoms with Gasteiger partial charge in [0, 0.05) is 20.1 Å². The molecule has 0 aromatic rings. The van der Waals surface area contributed by atoms with Crippen LogP contribution in [0.5, 0.6) is 0 Å². The summed E-state index contributed by atoms with van der Waals surface area (Å²) in [5.41, 5.74) is 5.24. The predicted octanol–water partition coefficient (Wildman–Crippen LogP) is -0.186. The fourth-order valence-electron chi connectivity index (χ4n) is 0.560. The van der Waals surface area contributed by atoms with Crippen LogP contribution in [0, 0.1) is 0 Å². The van der Waals surface area contributed by atoms with Gasteiger partial charge in [0.05, 0.1) is 4.99 Å². The SMILES string of the molecule is COC(C)C(=O)NCCC(N)=S. The van der Waals surface area contributed by atoms with Crippen LogP contribution in [0.15, 0.2) is 0 Å². The van der Waals surface area contributed by atoms with E-state index >= 15 is 0 Å². The number of rotatable bonds is 5. The van der Waals surface area contributed by atoms with Gasteiger partial charge in [-0.2, -0.15) is 0 Å². The summed E-state index contributed by atoms with van der Waals surface area (Å²) in [6, 6.07) is 0. The summed E-state index contributed by atoms with van der Waals surface area (Å²) in [5.74, 6) is -0.145. The number of hydrogen-bond acceptors (Lipinski definition) is 3. The Morgan fingerprint density at radius 2 is 2.33 bits per heavy atom. The zero-order valence-electron chi connectivity index (χ0n) is 7.29. The quantitative estimate of drug-likeness (QED) is 0.590. The van der Waals surface area contributed by atoms with Crippen molar-refractivity contribution < 1.29 is 9.53 Å². The molecule has 0 aliphatic rings. The molecule has 0 saturated carbocycles. The van der Waals surface area contributed by atoms with E-state index in [0.717, 1.165) is 0 Å². The topological polar surface area (TPSA) is 64.3 Å². The summed E-state index contributed by atoms with van der Waals surface area (Å²) in [6.07, 6.45) is 0.105. The lowest BCUT2D eigenvalue weighted by atomic mass is 10.3. The van der Waals surface area contributed by atoms with Crippen LogP contribution in [0.2, 0.25) is 0 Å². The summed E-state index contributed by atoms with van der Waals surface area (Å²) in [4.78, 5) is 11.4. The first-order valence-electron chi connectivity index (χ1n) is 3.66. The molecule has 0 aromatic heterocycles. The second-order valence-corrected chi connectivity index (χ2v) is 2.91. The Hall–Kier alpha value is -0.680. The van der Waals surface area contributed by atoms with Crippen LogP contribution in [0.4, 0.5) is 0 Å². The molecule has 0 aromatic carbocycles. The van der Waals surface area contributed by atoms with Gasteiger partial charge in [-0.1, -0.05) is 12.2 Å². The Kier molecular flexibility index (Phi) is 5.57. The monoisotopic (exact) mass is 190 g/mol. The Balaban J connectivity index is 3.50. The standard InChI is InChI=1S/C7H14N2O2S/c1-5(11-2)7(10)9-4-3-6(8)12/h5H,3-4H2,1-2H3,(H2,8,12)(H,9,10). The van der Waals surface area contributed by atoms with Gasteiger partial charge in [-0.3, -0.25) is 4.79 Å². The smallest absolute Gasteiger partial charge is 0.248 e. The molecule has 70 valence electrons. The van der Waals surface area contributed by atoms with E-state index in [2.05, 4.69) is 17.5 Å². The van der Waals surface area contributed by atoms with Gasteiger partial charge in [0.25, 0.3) is 0 Å². The highest BCUT2D eigenvalue weighted by Crippen LogP contribution is 1.87. The lowest BCUT2D eigenvalue weighted by molar-refractivity contribution is -0.129. The number of thiocarbonyl (C=S) groups is 1. The highest BCUT2D eigenvalue weighted by molar-refractivity contribution is 7.80.